The summed E-state index contributed by atoms with van der Waals surface area (Å²) in [6, 6.07) is 3.51. The molecule has 1 fully saturated rings. The molecule has 2 amide bonds. The average Bonchev–Trinajstić information content (AvgIpc) is 2.53. The van der Waals surface area contributed by atoms with E-state index in [9.17, 15) is 9.59 Å². The van der Waals surface area contributed by atoms with Gasteiger partial charge in [0.15, 0.2) is 0 Å². The quantitative estimate of drug-likeness (QED) is 0.784. The zero-order valence-electron chi connectivity index (χ0n) is 14.5. The maximum absolute atomic E-state index is 12.1. The van der Waals surface area contributed by atoms with E-state index >= 15 is 0 Å². The Morgan fingerprint density at radius 1 is 1.29 bits per heavy atom. The zero-order chi connectivity index (χ0) is 17.6. The Labute approximate surface area is 142 Å². The van der Waals surface area contributed by atoms with Gasteiger partial charge in [0.25, 0.3) is 0 Å². The van der Waals surface area contributed by atoms with Gasteiger partial charge in [0.05, 0.1) is 0 Å². The van der Waals surface area contributed by atoms with E-state index in [0.29, 0.717) is 12.4 Å². The van der Waals surface area contributed by atoms with E-state index < -0.39 is 11.7 Å². The summed E-state index contributed by atoms with van der Waals surface area (Å²) in [5, 5.41) is 8.76. The van der Waals surface area contributed by atoms with Gasteiger partial charge in [-0.15, -0.1) is 0 Å². The SMILES string of the molecule is CC(C)(C)OC(=O)Nc1ccc(CNC(=O)C2CCNCC2)cn1. The van der Waals surface area contributed by atoms with Crippen molar-refractivity contribution in [1.29, 1.82) is 0 Å². The summed E-state index contributed by atoms with van der Waals surface area (Å²) in [5.41, 5.74) is 0.329. The standard InChI is InChI=1S/C17H26N4O3/c1-17(2,3)24-16(23)21-14-5-4-12(10-19-14)11-20-15(22)13-6-8-18-9-7-13/h4-5,10,13,18H,6-9,11H2,1-3H3,(H,20,22)(H,19,21,23). The number of hydrogen-bond acceptors (Lipinski definition) is 5. The Balaban J connectivity index is 1.79. The van der Waals surface area contributed by atoms with Crippen molar-refractivity contribution in [2.24, 2.45) is 5.92 Å². The Hall–Kier alpha value is -2.15. The lowest BCUT2D eigenvalue weighted by Crippen LogP contribution is -2.37. The van der Waals surface area contributed by atoms with Crippen molar-refractivity contribution < 1.29 is 14.3 Å². The average molecular weight is 334 g/mol. The second kappa shape index (κ2) is 8.10. The molecule has 1 aromatic rings. The number of amides is 2. The lowest BCUT2D eigenvalue weighted by molar-refractivity contribution is -0.125. The van der Waals surface area contributed by atoms with Crippen LogP contribution in [-0.2, 0) is 16.1 Å². The van der Waals surface area contributed by atoms with Crippen molar-refractivity contribution in [3.05, 3.63) is 23.9 Å². The number of carbonyl (C=O) groups is 2. The zero-order valence-corrected chi connectivity index (χ0v) is 14.5. The van der Waals surface area contributed by atoms with Crippen LogP contribution in [0.2, 0.25) is 0 Å². The highest BCUT2D eigenvalue weighted by molar-refractivity contribution is 5.83. The maximum Gasteiger partial charge on any atom is 0.413 e. The Morgan fingerprint density at radius 3 is 2.58 bits per heavy atom. The molecule has 7 heteroatoms. The number of piperidine rings is 1. The van der Waals surface area contributed by atoms with Crippen LogP contribution in [0.3, 0.4) is 0 Å². The second-order valence-corrected chi connectivity index (χ2v) is 6.92. The number of rotatable bonds is 4. The van der Waals surface area contributed by atoms with Crippen LogP contribution < -0.4 is 16.0 Å². The van der Waals surface area contributed by atoms with Crippen LogP contribution in [0, 0.1) is 5.92 Å². The second-order valence-electron chi connectivity index (χ2n) is 6.92. The largest absolute Gasteiger partial charge is 0.444 e. The minimum atomic E-state index is -0.553. The molecule has 0 aliphatic carbocycles. The molecule has 0 unspecified atom stereocenters. The number of carbonyl (C=O) groups excluding carboxylic acids is 2. The minimum Gasteiger partial charge on any atom is -0.444 e. The van der Waals surface area contributed by atoms with Crippen LogP contribution in [0.5, 0.6) is 0 Å². The van der Waals surface area contributed by atoms with Crippen LogP contribution in [0.1, 0.15) is 39.2 Å². The number of nitrogens with one attached hydrogen (secondary N) is 3. The van der Waals surface area contributed by atoms with Gasteiger partial charge in [-0.2, -0.15) is 0 Å². The van der Waals surface area contributed by atoms with Crippen LogP contribution in [0.4, 0.5) is 10.6 Å². The summed E-state index contributed by atoms with van der Waals surface area (Å²) >= 11 is 0. The van der Waals surface area contributed by atoms with E-state index in [2.05, 4.69) is 20.9 Å². The summed E-state index contributed by atoms with van der Waals surface area (Å²) in [5.74, 6) is 0.595. The third-order valence-electron chi connectivity index (χ3n) is 3.63. The Bertz CT molecular complexity index is 560. The number of anilines is 1. The van der Waals surface area contributed by atoms with Crippen LogP contribution in [0.15, 0.2) is 18.3 Å². The highest BCUT2D eigenvalue weighted by atomic mass is 16.6. The molecule has 0 aromatic carbocycles. The fourth-order valence-electron chi connectivity index (χ4n) is 2.43. The van der Waals surface area contributed by atoms with E-state index in [1.165, 1.54) is 0 Å². The summed E-state index contributed by atoms with van der Waals surface area (Å²) in [4.78, 5) is 27.9. The number of pyridine rings is 1. The first kappa shape index (κ1) is 18.2. The van der Waals surface area contributed by atoms with Gasteiger partial charge in [0.2, 0.25) is 5.91 Å². The normalized spacial score (nSPS) is 15.6. The van der Waals surface area contributed by atoms with Crippen molar-refractivity contribution in [2.75, 3.05) is 18.4 Å². The molecule has 1 aliphatic heterocycles. The molecule has 2 rings (SSSR count). The molecule has 0 bridgehead atoms. The summed E-state index contributed by atoms with van der Waals surface area (Å²) in [6.07, 6.45) is 2.85. The molecular formula is C17H26N4O3. The van der Waals surface area contributed by atoms with Gasteiger partial charge in [-0.05, 0) is 58.3 Å². The van der Waals surface area contributed by atoms with E-state index in [0.717, 1.165) is 31.5 Å². The Morgan fingerprint density at radius 2 is 2.00 bits per heavy atom. The molecule has 1 aromatic heterocycles. The van der Waals surface area contributed by atoms with E-state index in [1.807, 2.05) is 6.07 Å². The molecule has 0 saturated carbocycles. The van der Waals surface area contributed by atoms with Gasteiger partial charge in [0.1, 0.15) is 11.4 Å². The molecule has 1 aliphatic rings. The summed E-state index contributed by atoms with van der Waals surface area (Å²) < 4.78 is 5.17. The topological polar surface area (TPSA) is 92.4 Å². The predicted octanol–water partition coefficient (Wildman–Crippen LogP) is 2.04. The maximum atomic E-state index is 12.1. The van der Waals surface area contributed by atoms with E-state index in [-0.39, 0.29) is 11.8 Å². The minimum absolute atomic E-state index is 0.0901. The molecular weight excluding hydrogens is 308 g/mol. The monoisotopic (exact) mass is 334 g/mol. The fraction of sp³-hybridized carbons (Fsp3) is 0.588. The molecule has 0 radical (unpaired) electrons. The lowest BCUT2D eigenvalue weighted by Gasteiger charge is -2.21. The molecule has 0 spiro atoms. The summed E-state index contributed by atoms with van der Waals surface area (Å²) in [6.45, 7) is 7.62. The first-order chi connectivity index (χ1) is 11.3. The van der Waals surface area contributed by atoms with Gasteiger partial charge in [-0.1, -0.05) is 6.07 Å². The first-order valence-corrected chi connectivity index (χ1v) is 8.27. The van der Waals surface area contributed by atoms with E-state index in [4.69, 9.17) is 4.74 Å². The van der Waals surface area contributed by atoms with Crippen LogP contribution in [0.25, 0.3) is 0 Å². The summed E-state index contributed by atoms with van der Waals surface area (Å²) in [7, 11) is 0. The van der Waals surface area contributed by atoms with Crippen molar-refractivity contribution in [1.82, 2.24) is 15.6 Å². The predicted molar refractivity (Wildman–Crippen MR) is 91.5 cm³/mol. The highest BCUT2D eigenvalue weighted by Gasteiger charge is 2.20. The molecule has 7 nitrogen and oxygen atoms in total. The third-order valence-corrected chi connectivity index (χ3v) is 3.63. The lowest BCUT2D eigenvalue weighted by atomic mass is 9.97. The van der Waals surface area contributed by atoms with Crippen LogP contribution in [-0.4, -0.2) is 35.7 Å². The number of hydrogen-bond donors (Lipinski definition) is 3. The highest BCUT2D eigenvalue weighted by Crippen LogP contribution is 2.13. The third kappa shape index (κ3) is 6.16. The fourth-order valence-corrected chi connectivity index (χ4v) is 2.43. The molecule has 3 N–H and O–H groups in total. The Kier molecular flexibility index (Phi) is 6.14. The van der Waals surface area contributed by atoms with Crippen molar-refractivity contribution in [3.8, 4) is 0 Å². The van der Waals surface area contributed by atoms with Gasteiger partial charge < -0.3 is 15.4 Å². The van der Waals surface area contributed by atoms with Crippen LogP contribution >= 0.6 is 0 Å². The van der Waals surface area contributed by atoms with Crippen molar-refractivity contribution in [2.45, 2.75) is 45.8 Å². The molecule has 0 atom stereocenters. The van der Waals surface area contributed by atoms with Crippen molar-refractivity contribution in [3.63, 3.8) is 0 Å². The number of nitrogens with zero attached hydrogens (tertiary/aromatic N) is 1. The first-order valence-electron chi connectivity index (χ1n) is 8.27. The molecule has 1 saturated heterocycles. The smallest absolute Gasteiger partial charge is 0.413 e. The van der Waals surface area contributed by atoms with Gasteiger partial charge in [-0.25, -0.2) is 9.78 Å². The molecule has 132 valence electrons. The molecule has 2 heterocycles. The molecule has 24 heavy (non-hydrogen) atoms. The number of ether oxygens (including phenoxy) is 1. The number of aromatic nitrogens is 1. The van der Waals surface area contributed by atoms with Gasteiger partial charge >= 0.3 is 6.09 Å². The van der Waals surface area contributed by atoms with Gasteiger partial charge in [-0.3, -0.25) is 10.1 Å². The van der Waals surface area contributed by atoms with Gasteiger partial charge in [0, 0.05) is 18.7 Å². The van der Waals surface area contributed by atoms with Crippen molar-refractivity contribution >= 4 is 17.8 Å². The van der Waals surface area contributed by atoms with E-state index in [1.54, 1.807) is 33.0 Å².